The molecule has 1 fully saturated rings. The van der Waals surface area contributed by atoms with E-state index in [-0.39, 0.29) is 0 Å². The predicted octanol–water partition coefficient (Wildman–Crippen LogP) is 1.85. The number of aryl methyl sites for hydroxylation is 1. The molecule has 5 rings (SSSR count). The molecule has 5 atom stereocenters. The van der Waals surface area contributed by atoms with Gasteiger partial charge in [-0.2, -0.15) is 4.57 Å². The molecule has 36 heavy (non-hydrogen) atoms. The Hall–Kier alpha value is -3.76. The highest BCUT2D eigenvalue weighted by Gasteiger charge is 2.47. The fraction of sp³-hybridized carbons (Fsp3) is 0.259. The summed E-state index contributed by atoms with van der Waals surface area (Å²) >= 11 is 0. The minimum Gasteiger partial charge on any atom is -0.479 e. The van der Waals surface area contributed by atoms with Crippen LogP contribution in [0.5, 0.6) is 0 Å². The molecule has 1 aliphatic rings. The largest absolute Gasteiger partial charge is 0.479 e. The minimum atomic E-state index is -1.75. The minimum absolute atomic E-state index is 0.550. The number of nitrogens with two attached hydrogens (primary N) is 1. The molecule has 0 radical (unpaired) electrons. The summed E-state index contributed by atoms with van der Waals surface area (Å²) in [7, 11) is 0. The van der Waals surface area contributed by atoms with Crippen molar-refractivity contribution in [1.82, 2.24) is 0 Å². The lowest BCUT2D eigenvalue weighted by Crippen LogP contribution is -2.61. The van der Waals surface area contributed by atoms with Gasteiger partial charge in [-0.15, -0.1) is 0 Å². The van der Waals surface area contributed by atoms with Crippen LogP contribution in [-0.4, -0.2) is 57.0 Å². The highest BCUT2D eigenvalue weighted by molar-refractivity contribution is 6.10. The number of carboxylic acids is 1. The fourth-order valence-electron chi connectivity index (χ4n) is 4.93. The van der Waals surface area contributed by atoms with E-state index in [4.69, 9.17) is 10.5 Å². The molecule has 1 saturated heterocycles. The number of aliphatic carboxylic acids is 1. The van der Waals surface area contributed by atoms with Crippen LogP contribution in [0.15, 0.2) is 66.7 Å². The van der Waals surface area contributed by atoms with E-state index >= 15 is 0 Å². The second-order valence-corrected chi connectivity index (χ2v) is 8.93. The molecule has 3 aromatic carbocycles. The van der Waals surface area contributed by atoms with Gasteiger partial charge in [0.2, 0.25) is 11.2 Å². The number of aliphatic hydroxyl groups is 3. The van der Waals surface area contributed by atoms with Gasteiger partial charge in [-0.1, -0.05) is 24.3 Å². The van der Waals surface area contributed by atoms with Gasteiger partial charge < -0.3 is 36.2 Å². The van der Waals surface area contributed by atoms with E-state index in [1.807, 2.05) is 60.7 Å². The SMILES string of the molecule is CC[n+]1c(-c2ccccc2)c2cc(N[C@@H]3O[C@H](C(=O)O)[C@@H](O)[C@H](O)[C@H]3O)ccc2c2ccc(N)cc21. The summed E-state index contributed by atoms with van der Waals surface area (Å²) in [6.07, 6.45) is -7.91. The standard InChI is InChI=1S/C27H27N3O6/c1-2-30-20-12-15(28)8-10-18(20)17-11-9-16(13-19(17)21(30)14-6-4-3-5-7-14)29-26-24(33)22(31)23(32)25(36-26)27(34)35/h3-13,22-26,28-29,31-33H,2H2,1H3,(H,34,35)/p+1/t22-,23-,24+,25-,26+/m0/s1. The molecule has 1 aliphatic heterocycles. The molecule has 0 bridgehead atoms. The van der Waals surface area contributed by atoms with Crippen LogP contribution in [0.25, 0.3) is 32.9 Å². The molecule has 0 aliphatic carbocycles. The summed E-state index contributed by atoms with van der Waals surface area (Å²) in [4.78, 5) is 11.5. The van der Waals surface area contributed by atoms with Crippen LogP contribution in [0.3, 0.4) is 0 Å². The number of nitrogens with zero attached hydrogens (tertiary/aromatic N) is 1. The highest BCUT2D eigenvalue weighted by Crippen LogP contribution is 2.34. The number of anilines is 2. The van der Waals surface area contributed by atoms with Crippen molar-refractivity contribution in [3.8, 4) is 11.3 Å². The third-order valence-corrected chi connectivity index (χ3v) is 6.68. The van der Waals surface area contributed by atoms with Crippen molar-refractivity contribution in [3.63, 3.8) is 0 Å². The van der Waals surface area contributed by atoms with Gasteiger partial charge in [0, 0.05) is 28.4 Å². The number of rotatable bonds is 5. The van der Waals surface area contributed by atoms with Gasteiger partial charge in [0.05, 0.1) is 10.8 Å². The average Bonchev–Trinajstić information content (AvgIpc) is 2.88. The zero-order chi connectivity index (χ0) is 25.6. The second kappa shape index (κ2) is 9.36. The lowest BCUT2D eigenvalue weighted by atomic mass is 9.97. The maximum absolute atomic E-state index is 11.5. The van der Waals surface area contributed by atoms with E-state index < -0.39 is 36.6 Å². The van der Waals surface area contributed by atoms with Crippen LogP contribution in [-0.2, 0) is 16.1 Å². The van der Waals surface area contributed by atoms with Crippen LogP contribution >= 0.6 is 0 Å². The molecule has 0 amide bonds. The number of aliphatic hydroxyl groups excluding tert-OH is 3. The molecule has 4 aromatic rings. The van der Waals surface area contributed by atoms with Crippen molar-refractivity contribution in [3.05, 3.63) is 66.7 Å². The van der Waals surface area contributed by atoms with E-state index in [1.165, 1.54) is 0 Å². The Morgan fingerprint density at radius 2 is 1.67 bits per heavy atom. The van der Waals surface area contributed by atoms with Crippen LogP contribution in [0.4, 0.5) is 11.4 Å². The fourth-order valence-corrected chi connectivity index (χ4v) is 4.93. The zero-order valence-corrected chi connectivity index (χ0v) is 19.6. The molecule has 2 heterocycles. The topological polar surface area (TPSA) is 149 Å². The first kappa shape index (κ1) is 24.0. The van der Waals surface area contributed by atoms with Crippen molar-refractivity contribution < 1.29 is 34.5 Å². The summed E-state index contributed by atoms with van der Waals surface area (Å²) in [6, 6.07) is 21.4. The third kappa shape index (κ3) is 4.02. The number of carbonyl (C=O) groups is 1. The molecule has 0 unspecified atom stereocenters. The van der Waals surface area contributed by atoms with Crippen molar-refractivity contribution >= 4 is 39.0 Å². The van der Waals surface area contributed by atoms with Gasteiger partial charge in [-0.3, -0.25) is 0 Å². The van der Waals surface area contributed by atoms with Crippen molar-refractivity contribution in [2.24, 2.45) is 0 Å². The van der Waals surface area contributed by atoms with Gasteiger partial charge in [0.15, 0.2) is 12.3 Å². The van der Waals surface area contributed by atoms with E-state index in [0.717, 1.165) is 32.9 Å². The summed E-state index contributed by atoms with van der Waals surface area (Å²) in [5.74, 6) is -1.43. The molecule has 0 saturated carbocycles. The van der Waals surface area contributed by atoms with Gasteiger partial charge >= 0.3 is 5.97 Å². The Labute approximate surface area is 207 Å². The van der Waals surface area contributed by atoms with Gasteiger partial charge in [0.1, 0.15) is 24.9 Å². The van der Waals surface area contributed by atoms with Crippen molar-refractivity contribution in [2.75, 3.05) is 11.1 Å². The summed E-state index contributed by atoms with van der Waals surface area (Å²) in [6.45, 7) is 2.75. The quantitative estimate of drug-likeness (QED) is 0.141. The van der Waals surface area contributed by atoms with E-state index in [9.17, 15) is 25.2 Å². The second-order valence-electron chi connectivity index (χ2n) is 8.93. The van der Waals surface area contributed by atoms with E-state index in [1.54, 1.807) is 6.07 Å². The highest BCUT2D eigenvalue weighted by atomic mass is 16.6. The first-order valence-corrected chi connectivity index (χ1v) is 11.7. The Kier molecular flexibility index (Phi) is 6.23. The molecule has 9 heteroatoms. The van der Waals surface area contributed by atoms with Crippen molar-refractivity contribution in [1.29, 1.82) is 0 Å². The number of ether oxygens (including phenoxy) is 1. The Bertz CT molecular complexity index is 1440. The number of fused-ring (bicyclic) bond motifs is 3. The Morgan fingerprint density at radius 3 is 2.36 bits per heavy atom. The smallest absolute Gasteiger partial charge is 0.335 e. The maximum Gasteiger partial charge on any atom is 0.335 e. The van der Waals surface area contributed by atoms with E-state index in [2.05, 4.69) is 16.8 Å². The van der Waals surface area contributed by atoms with Crippen LogP contribution in [0, 0.1) is 0 Å². The Morgan fingerprint density at radius 1 is 0.944 bits per heavy atom. The van der Waals surface area contributed by atoms with Crippen molar-refractivity contribution in [2.45, 2.75) is 44.1 Å². The lowest BCUT2D eigenvalue weighted by molar-refractivity contribution is -0.655. The van der Waals surface area contributed by atoms with Gasteiger partial charge in [0.25, 0.3) is 0 Å². The number of hydrogen-bond acceptors (Lipinski definition) is 7. The number of nitrogen functional groups attached to an aromatic ring is 1. The van der Waals surface area contributed by atoms with Crippen LogP contribution in [0.1, 0.15) is 6.92 Å². The predicted molar refractivity (Wildman–Crippen MR) is 135 cm³/mol. The molecule has 1 aromatic heterocycles. The number of hydrogen-bond donors (Lipinski definition) is 6. The number of nitrogens with one attached hydrogen (secondary N) is 1. The number of pyridine rings is 1. The summed E-state index contributed by atoms with van der Waals surface area (Å²) in [5.41, 5.74) is 10.3. The molecule has 9 nitrogen and oxygen atoms in total. The normalized spacial score (nSPS) is 24.2. The van der Waals surface area contributed by atoms with Gasteiger partial charge in [-0.05, 0) is 43.3 Å². The average molecular weight is 491 g/mol. The molecule has 7 N–H and O–H groups in total. The Balaban J connectivity index is 1.67. The van der Waals surface area contributed by atoms with Gasteiger partial charge in [-0.25, -0.2) is 4.79 Å². The molecular formula is C27H28N3O6+. The molecular weight excluding hydrogens is 462 g/mol. The number of aromatic nitrogens is 1. The lowest BCUT2D eigenvalue weighted by Gasteiger charge is -2.39. The summed E-state index contributed by atoms with van der Waals surface area (Å²) in [5, 5.41) is 45.9. The number of benzene rings is 3. The molecule has 0 spiro atoms. The first-order chi connectivity index (χ1) is 17.3. The maximum atomic E-state index is 11.5. The van der Waals surface area contributed by atoms with Crippen LogP contribution in [0.2, 0.25) is 0 Å². The molecule has 186 valence electrons. The number of carboxylic acid groups (broad SMARTS) is 1. The third-order valence-electron chi connectivity index (χ3n) is 6.68. The van der Waals surface area contributed by atoms with Crippen LogP contribution < -0.4 is 15.6 Å². The summed E-state index contributed by atoms with van der Waals surface area (Å²) < 4.78 is 7.61. The first-order valence-electron chi connectivity index (χ1n) is 11.7. The zero-order valence-electron chi connectivity index (χ0n) is 19.6. The van der Waals surface area contributed by atoms with E-state index in [0.29, 0.717) is 17.9 Å². The monoisotopic (exact) mass is 490 g/mol.